The van der Waals surface area contributed by atoms with E-state index in [2.05, 4.69) is 5.32 Å². The zero-order valence-corrected chi connectivity index (χ0v) is 19.7. The molecule has 6 rings (SSSR count). The second kappa shape index (κ2) is 8.34. The van der Waals surface area contributed by atoms with E-state index < -0.39 is 12.2 Å². The van der Waals surface area contributed by atoms with Gasteiger partial charge in [0.25, 0.3) is 11.8 Å². The summed E-state index contributed by atoms with van der Waals surface area (Å²) >= 11 is 0. The summed E-state index contributed by atoms with van der Waals surface area (Å²) in [6.45, 7) is 0.0151. The normalized spacial score (nSPS) is 19.9. The maximum absolute atomic E-state index is 13.8. The Bertz CT molecular complexity index is 1430. The average Bonchev–Trinajstić information content (AvgIpc) is 3.22. The molecule has 1 N–H and O–H groups in total. The third kappa shape index (κ3) is 3.21. The van der Waals surface area contributed by atoms with Gasteiger partial charge in [-0.25, -0.2) is 0 Å². The highest BCUT2D eigenvalue weighted by atomic mass is 16.2. The van der Waals surface area contributed by atoms with Gasteiger partial charge in [-0.15, -0.1) is 0 Å². The molecule has 4 amide bonds. The maximum Gasteiger partial charge on any atom is 0.260 e. The van der Waals surface area contributed by atoms with Gasteiger partial charge in [0, 0.05) is 31.1 Å². The Morgan fingerprint density at radius 3 is 2.31 bits per heavy atom. The quantitative estimate of drug-likeness (QED) is 0.624. The van der Waals surface area contributed by atoms with Crippen LogP contribution in [0.15, 0.2) is 72.8 Å². The van der Waals surface area contributed by atoms with E-state index in [0.29, 0.717) is 28.8 Å². The third-order valence-corrected chi connectivity index (χ3v) is 7.31. The average molecular weight is 481 g/mol. The molecule has 36 heavy (non-hydrogen) atoms. The second-order valence-corrected chi connectivity index (χ2v) is 9.21. The van der Waals surface area contributed by atoms with E-state index in [9.17, 15) is 19.2 Å². The maximum atomic E-state index is 13.8. The molecular formula is C28H24N4O4. The van der Waals surface area contributed by atoms with Crippen molar-refractivity contribution in [2.24, 2.45) is 0 Å². The Kier molecular flexibility index (Phi) is 5.10. The molecule has 0 saturated carbocycles. The predicted molar refractivity (Wildman–Crippen MR) is 132 cm³/mol. The van der Waals surface area contributed by atoms with Crippen molar-refractivity contribution in [1.29, 1.82) is 0 Å². The summed E-state index contributed by atoms with van der Waals surface area (Å²) in [7, 11) is 1.55. The number of hydrogen-bond acceptors (Lipinski definition) is 4. The second-order valence-electron chi connectivity index (χ2n) is 9.21. The first kappa shape index (κ1) is 22.0. The van der Waals surface area contributed by atoms with Gasteiger partial charge in [0.2, 0.25) is 11.8 Å². The number of para-hydroxylation sites is 1. The van der Waals surface area contributed by atoms with E-state index in [1.807, 2.05) is 36.4 Å². The minimum Gasteiger partial charge on any atom is -0.357 e. The molecule has 2 atom stereocenters. The number of rotatable bonds is 3. The summed E-state index contributed by atoms with van der Waals surface area (Å²) in [4.78, 5) is 58.2. The smallest absolute Gasteiger partial charge is 0.260 e. The summed E-state index contributed by atoms with van der Waals surface area (Å²) in [5.74, 6) is -1.12. The fraction of sp³-hybridized carbons (Fsp3) is 0.214. The van der Waals surface area contributed by atoms with Crippen LogP contribution in [0.3, 0.4) is 0 Å². The predicted octanol–water partition coefficient (Wildman–Crippen LogP) is 2.50. The molecule has 0 aromatic heterocycles. The van der Waals surface area contributed by atoms with Crippen molar-refractivity contribution in [2.75, 3.05) is 18.5 Å². The molecule has 3 aromatic carbocycles. The first-order chi connectivity index (χ1) is 17.5. The highest BCUT2D eigenvalue weighted by molar-refractivity contribution is 6.17. The van der Waals surface area contributed by atoms with E-state index in [-0.39, 0.29) is 36.7 Å². The molecule has 2 unspecified atom stereocenters. The molecule has 0 bridgehead atoms. The van der Waals surface area contributed by atoms with E-state index in [4.69, 9.17) is 0 Å². The van der Waals surface area contributed by atoms with Crippen LogP contribution in [0.25, 0.3) is 0 Å². The first-order valence-electron chi connectivity index (χ1n) is 11.9. The van der Waals surface area contributed by atoms with Crippen molar-refractivity contribution in [1.82, 2.24) is 15.1 Å². The van der Waals surface area contributed by atoms with Crippen LogP contribution >= 0.6 is 0 Å². The fourth-order valence-electron chi connectivity index (χ4n) is 5.56. The van der Waals surface area contributed by atoms with Crippen molar-refractivity contribution in [3.8, 4) is 0 Å². The van der Waals surface area contributed by atoms with Gasteiger partial charge in [0.15, 0.2) is 0 Å². The monoisotopic (exact) mass is 480 g/mol. The van der Waals surface area contributed by atoms with Gasteiger partial charge < -0.3 is 15.1 Å². The van der Waals surface area contributed by atoms with Crippen LogP contribution in [0, 0.1) is 0 Å². The largest absolute Gasteiger partial charge is 0.357 e. The lowest BCUT2D eigenvalue weighted by molar-refractivity contribution is -0.142. The molecule has 3 aromatic rings. The zero-order chi connectivity index (χ0) is 25.0. The number of carbonyl (C=O) groups excluding carboxylic acids is 4. The lowest BCUT2D eigenvalue weighted by Gasteiger charge is -2.42. The van der Waals surface area contributed by atoms with Gasteiger partial charge in [0.1, 0.15) is 18.8 Å². The number of anilines is 1. The Morgan fingerprint density at radius 1 is 0.861 bits per heavy atom. The number of nitrogens with zero attached hydrogens (tertiary/aromatic N) is 3. The van der Waals surface area contributed by atoms with Gasteiger partial charge in [-0.1, -0.05) is 54.6 Å². The Balaban J connectivity index is 1.39. The molecule has 0 aliphatic carbocycles. The highest BCUT2D eigenvalue weighted by Crippen LogP contribution is 2.45. The van der Waals surface area contributed by atoms with E-state index in [1.165, 1.54) is 4.90 Å². The van der Waals surface area contributed by atoms with E-state index >= 15 is 0 Å². The SMILES string of the molecule is CNC(=O)C1Cc2ccccc2CN1C(=O)CN1C(=O)c2ccccc2N2C(=O)c3ccccc3C12. The van der Waals surface area contributed by atoms with Gasteiger partial charge in [-0.3, -0.25) is 24.1 Å². The summed E-state index contributed by atoms with van der Waals surface area (Å²) in [5.41, 5.74) is 4.11. The van der Waals surface area contributed by atoms with Crippen LogP contribution in [-0.2, 0) is 22.6 Å². The van der Waals surface area contributed by atoms with Crippen molar-refractivity contribution < 1.29 is 19.2 Å². The minimum atomic E-state index is -0.726. The molecule has 3 heterocycles. The fourth-order valence-corrected chi connectivity index (χ4v) is 5.56. The molecule has 3 aliphatic rings. The zero-order valence-electron chi connectivity index (χ0n) is 19.7. The summed E-state index contributed by atoms with van der Waals surface area (Å²) in [6, 6.07) is 21.2. The van der Waals surface area contributed by atoms with Crippen LogP contribution in [-0.4, -0.2) is 53.1 Å². The summed E-state index contributed by atoms with van der Waals surface area (Å²) < 4.78 is 0. The van der Waals surface area contributed by atoms with Crippen molar-refractivity contribution in [3.63, 3.8) is 0 Å². The summed E-state index contributed by atoms with van der Waals surface area (Å²) in [5, 5.41) is 2.67. The van der Waals surface area contributed by atoms with Crippen molar-refractivity contribution in [3.05, 3.63) is 101 Å². The Hall–Kier alpha value is -4.46. The number of benzene rings is 3. The van der Waals surface area contributed by atoms with Crippen LogP contribution in [0.4, 0.5) is 5.69 Å². The summed E-state index contributed by atoms with van der Waals surface area (Å²) in [6.07, 6.45) is -0.328. The standard InChI is InChI=1S/C28H24N4O4/c1-29-25(34)23-14-17-8-2-3-9-18(17)15-30(23)24(33)16-31-26-19-10-4-5-11-20(19)28(36)32(26)22-13-7-6-12-21(22)27(31)35/h2-13,23,26H,14-16H2,1H3,(H,29,34). The van der Waals surface area contributed by atoms with Crippen LogP contribution in [0.5, 0.6) is 0 Å². The third-order valence-electron chi connectivity index (χ3n) is 7.31. The van der Waals surface area contributed by atoms with E-state index in [0.717, 1.165) is 11.1 Å². The number of nitrogens with one attached hydrogen (secondary N) is 1. The molecule has 8 nitrogen and oxygen atoms in total. The molecule has 0 fully saturated rings. The first-order valence-corrected chi connectivity index (χ1v) is 11.9. The molecule has 3 aliphatic heterocycles. The lowest BCUT2D eigenvalue weighted by atomic mass is 9.93. The number of fused-ring (bicyclic) bond motifs is 6. The Labute approximate surface area is 208 Å². The van der Waals surface area contributed by atoms with Gasteiger partial charge >= 0.3 is 0 Å². The van der Waals surface area contributed by atoms with Crippen LogP contribution in [0.1, 0.15) is 43.6 Å². The van der Waals surface area contributed by atoms with Gasteiger partial charge in [-0.05, 0) is 29.3 Å². The van der Waals surface area contributed by atoms with Gasteiger partial charge in [-0.2, -0.15) is 0 Å². The number of amides is 4. The molecule has 0 spiro atoms. The van der Waals surface area contributed by atoms with Crippen LogP contribution in [0.2, 0.25) is 0 Å². The number of hydrogen-bond donors (Lipinski definition) is 1. The highest BCUT2D eigenvalue weighted by Gasteiger charge is 2.48. The molecule has 180 valence electrons. The molecule has 8 heteroatoms. The molecule has 0 saturated heterocycles. The molecular weight excluding hydrogens is 456 g/mol. The topological polar surface area (TPSA) is 90.0 Å². The van der Waals surface area contributed by atoms with Crippen LogP contribution < -0.4 is 10.2 Å². The number of carbonyl (C=O) groups is 4. The van der Waals surface area contributed by atoms with Gasteiger partial charge in [0.05, 0.1) is 11.3 Å². The Morgan fingerprint density at radius 2 is 1.53 bits per heavy atom. The van der Waals surface area contributed by atoms with E-state index in [1.54, 1.807) is 53.2 Å². The minimum absolute atomic E-state index is 0.205. The number of likely N-dealkylation sites (N-methyl/N-ethyl adjacent to an activating group) is 1. The van der Waals surface area contributed by atoms with Crippen molar-refractivity contribution >= 4 is 29.3 Å². The molecule has 0 radical (unpaired) electrons. The van der Waals surface area contributed by atoms with Crippen molar-refractivity contribution in [2.45, 2.75) is 25.2 Å². The lowest BCUT2D eigenvalue weighted by Crippen LogP contribution is -2.56.